The Morgan fingerprint density at radius 3 is 2.33 bits per heavy atom. The van der Waals surface area contributed by atoms with E-state index in [4.69, 9.17) is 4.74 Å². The van der Waals surface area contributed by atoms with Crippen LogP contribution in [-0.2, 0) is 9.53 Å². The molecule has 0 aliphatic carbocycles. The van der Waals surface area contributed by atoms with E-state index in [1.165, 1.54) is 18.2 Å². The molecule has 0 spiro atoms. The zero-order valence-corrected chi connectivity index (χ0v) is 11.6. The van der Waals surface area contributed by atoms with E-state index in [0.29, 0.717) is 12.3 Å². The van der Waals surface area contributed by atoms with E-state index < -0.39 is 0 Å². The van der Waals surface area contributed by atoms with Gasteiger partial charge >= 0.3 is 5.97 Å². The summed E-state index contributed by atoms with van der Waals surface area (Å²) in [6.07, 6.45) is 2.53. The lowest BCUT2D eigenvalue weighted by Gasteiger charge is -2.23. The summed E-state index contributed by atoms with van der Waals surface area (Å²) in [7, 11) is 1.44. The molecule has 0 saturated carbocycles. The highest BCUT2D eigenvalue weighted by Gasteiger charge is 2.22. The molecule has 2 heteroatoms. The van der Waals surface area contributed by atoms with Crippen LogP contribution in [0.25, 0.3) is 5.57 Å². The summed E-state index contributed by atoms with van der Waals surface area (Å²) in [6.45, 7) is 6.30. The number of allylic oxidation sites excluding steroid dienone is 2. The third-order valence-electron chi connectivity index (χ3n) is 3.24. The minimum absolute atomic E-state index is 0.149. The van der Waals surface area contributed by atoms with Crippen LogP contribution in [0.5, 0.6) is 0 Å². The minimum Gasteiger partial charge on any atom is -0.469 e. The van der Waals surface area contributed by atoms with Gasteiger partial charge in [0.1, 0.15) is 0 Å². The van der Waals surface area contributed by atoms with Crippen LogP contribution >= 0.6 is 0 Å². The van der Waals surface area contributed by atoms with Crippen LogP contribution in [0.4, 0.5) is 0 Å². The second-order valence-electron chi connectivity index (χ2n) is 4.74. The maximum Gasteiger partial charge on any atom is 0.306 e. The number of methoxy groups -OCH3 is 1. The van der Waals surface area contributed by atoms with Crippen LogP contribution in [0, 0.1) is 11.8 Å². The molecule has 0 aliphatic rings. The average molecular weight is 246 g/mol. The lowest BCUT2D eigenvalue weighted by molar-refractivity contribution is -0.141. The Kier molecular flexibility index (Phi) is 5.63. The molecule has 98 valence electrons. The molecule has 0 aliphatic heterocycles. The zero-order valence-electron chi connectivity index (χ0n) is 11.6. The van der Waals surface area contributed by atoms with Crippen molar-refractivity contribution in [1.82, 2.24) is 0 Å². The van der Waals surface area contributed by atoms with Crippen molar-refractivity contribution in [3.8, 4) is 0 Å². The van der Waals surface area contributed by atoms with Crippen LogP contribution in [0.2, 0.25) is 0 Å². The molecule has 0 N–H and O–H groups in total. The molecule has 0 aromatic heterocycles. The van der Waals surface area contributed by atoms with Gasteiger partial charge in [-0.2, -0.15) is 0 Å². The lowest BCUT2D eigenvalue weighted by Crippen LogP contribution is -2.17. The Bertz CT molecular complexity index is 404. The number of ether oxygens (including phenoxy) is 1. The monoisotopic (exact) mass is 246 g/mol. The Labute approximate surface area is 110 Å². The molecule has 1 atom stereocenters. The van der Waals surface area contributed by atoms with Gasteiger partial charge in [0.15, 0.2) is 0 Å². The third-order valence-corrected chi connectivity index (χ3v) is 3.24. The van der Waals surface area contributed by atoms with Gasteiger partial charge in [-0.25, -0.2) is 0 Å². The first kappa shape index (κ1) is 14.5. The summed E-state index contributed by atoms with van der Waals surface area (Å²) >= 11 is 0. The van der Waals surface area contributed by atoms with Crippen molar-refractivity contribution in [1.29, 1.82) is 0 Å². The molecule has 0 amide bonds. The molecule has 0 heterocycles. The zero-order chi connectivity index (χ0) is 13.5. The highest BCUT2D eigenvalue weighted by Crippen LogP contribution is 2.32. The number of esters is 1. The average Bonchev–Trinajstić information content (AvgIpc) is 2.39. The van der Waals surface area contributed by atoms with Gasteiger partial charge < -0.3 is 4.74 Å². The second kappa shape index (κ2) is 7.00. The van der Waals surface area contributed by atoms with Gasteiger partial charge in [-0.1, -0.05) is 50.3 Å². The maximum absolute atomic E-state index is 11.5. The van der Waals surface area contributed by atoms with Crippen molar-refractivity contribution < 1.29 is 9.53 Å². The van der Waals surface area contributed by atoms with Gasteiger partial charge in [-0.15, -0.1) is 0 Å². The molecule has 0 fully saturated rings. The summed E-state index contributed by atoms with van der Waals surface area (Å²) in [5.41, 5.74) is 2.40. The fourth-order valence-electron chi connectivity index (χ4n) is 2.19. The van der Waals surface area contributed by atoms with Crippen LogP contribution in [0.15, 0.2) is 36.4 Å². The second-order valence-corrected chi connectivity index (χ2v) is 4.74. The SMILES string of the molecule is C/C=C(\c1ccccc1)C(CC(=O)OC)C(C)C. The molecule has 0 radical (unpaired) electrons. The Balaban J connectivity index is 3.00. The lowest BCUT2D eigenvalue weighted by atomic mass is 9.82. The highest BCUT2D eigenvalue weighted by atomic mass is 16.5. The number of hydrogen-bond acceptors (Lipinski definition) is 2. The quantitative estimate of drug-likeness (QED) is 0.736. The first-order valence-electron chi connectivity index (χ1n) is 6.38. The molecule has 0 saturated heterocycles. The molecule has 2 nitrogen and oxygen atoms in total. The standard InChI is InChI=1S/C16H22O2/c1-5-14(13-9-7-6-8-10-13)15(12(2)3)11-16(17)18-4/h5-10,12,15H,11H2,1-4H3/b14-5+. The number of hydrogen-bond donors (Lipinski definition) is 0. The fourth-order valence-corrected chi connectivity index (χ4v) is 2.19. The number of carbonyl (C=O) groups excluding carboxylic acids is 1. The molecule has 0 bridgehead atoms. The molecule has 1 rings (SSSR count). The van der Waals surface area contributed by atoms with Crippen LogP contribution in [0.3, 0.4) is 0 Å². The minimum atomic E-state index is -0.149. The summed E-state index contributed by atoms with van der Waals surface area (Å²) in [5.74, 6) is 0.448. The predicted molar refractivity (Wildman–Crippen MR) is 75.1 cm³/mol. The van der Waals surface area contributed by atoms with Crippen molar-refractivity contribution in [2.75, 3.05) is 7.11 Å². The van der Waals surface area contributed by atoms with Crippen LogP contribution in [-0.4, -0.2) is 13.1 Å². The van der Waals surface area contributed by atoms with E-state index in [9.17, 15) is 4.79 Å². The van der Waals surface area contributed by atoms with Crippen molar-refractivity contribution in [2.24, 2.45) is 11.8 Å². The molecular weight excluding hydrogens is 224 g/mol. The largest absolute Gasteiger partial charge is 0.469 e. The van der Waals surface area contributed by atoms with Crippen molar-refractivity contribution in [2.45, 2.75) is 27.2 Å². The van der Waals surface area contributed by atoms with E-state index in [1.807, 2.05) is 25.1 Å². The van der Waals surface area contributed by atoms with Gasteiger partial charge in [-0.05, 0) is 29.9 Å². The van der Waals surface area contributed by atoms with Crippen LogP contribution in [0.1, 0.15) is 32.8 Å². The van der Waals surface area contributed by atoms with Crippen molar-refractivity contribution in [3.05, 3.63) is 42.0 Å². The molecule has 1 unspecified atom stereocenters. The van der Waals surface area contributed by atoms with Gasteiger partial charge in [0.2, 0.25) is 0 Å². The summed E-state index contributed by atoms with van der Waals surface area (Å²) in [4.78, 5) is 11.5. The molecular formula is C16H22O2. The van der Waals surface area contributed by atoms with Gasteiger partial charge in [0.05, 0.1) is 13.5 Å². The van der Waals surface area contributed by atoms with Gasteiger partial charge in [-0.3, -0.25) is 4.79 Å². The fraction of sp³-hybridized carbons (Fsp3) is 0.438. The van der Waals surface area contributed by atoms with E-state index in [0.717, 1.165) is 0 Å². The first-order chi connectivity index (χ1) is 8.60. The smallest absolute Gasteiger partial charge is 0.306 e. The summed E-state index contributed by atoms with van der Waals surface area (Å²) in [5, 5.41) is 0. The van der Waals surface area contributed by atoms with E-state index in [-0.39, 0.29) is 11.9 Å². The number of benzene rings is 1. The van der Waals surface area contributed by atoms with Crippen molar-refractivity contribution in [3.63, 3.8) is 0 Å². The Morgan fingerprint density at radius 1 is 1.28 bits per heavy atom. The number of rotatable bonds is 5. The number of carbonyl (C=O) groups is 1. The van der Waals surface area contributed by atoms with E-state index in [2.05, 4.69) is 32.1 Å². The summed E-state index contributed by atoms with van der Waals surface area (Å²) < 4.78 is 4.80. The van der Waals surface area contributed by atoms with Gasteiger partial charge in [0, 0.05) is 0 Å². The van der Waals surface area contributed by atoms with E-state index >= 15 is 0 Å². The Hall–Kier alpha value is -1.57. The highest BCUT2D eigenvalue weighted by molar-refractivity contribution is 5.75. The molecule has 1 aromatic carbocycles. The van der Waals surface area contributed by atoms with Crippen LogP contribution < -0.4 is 0 Å². The topological polar surface area (TPSA) is 26.3 Å². The van der Waals surface area contributed by atoms with E-state index in [1.54, 1.807) is 0 Å². The van der Waals surface area contributed by atoms with Crippen molar-refractivity contribution >= 4 is 11.5 Å². The maximum atomic E-state index is 11.5. The predicted octanol–water partition coefficient (Wildman–Crippen LogP) is 3.93. The third kappa shape index (κ3) is 3.73. The Morgan fingerprint density at radius 2 is 1.89 bits per heavy atom. The molecule has 18 heavy (non-hydrogen) atoms. The normalized spacial score (nSPS) is 13.5. The van der Waals surface area contributed by atoms with Gasteiger partial charge in [0.25, 0.3) is 0 Å². The first-order valence-corrected chi connectivity index (χ1v) is 6.38. The molecule has 1 aromatic rings. The summed E-state index contributed by atoms with van der Waals surface area (Å²) in [6, 6.07) is 10.2.